The number of hydrogen-bond acceptors (Lipinski definition) is 10. The first kappa shape index (κ1) is 21.1. The molecule has 0 saturated carbocycles. The van der Waals surface area contributed by atoms with Crippen molar-refractivity contribution in [3.05, 3.63) is 23.5 Å². The van der Waals surface area contributed by atoms with E-state index in [1.165, 1.54) is 50.9 Å². The number of aliphatic hydroxyl groups excluding tert-OH is 1. The van der Waals surface area contributed by atoms with E-state index >= 15 is 0 Å². The first-order valence-electron chi connectivity index (χ1n) is 7.01. The third-order valence-corrected chi connectivity index (χ3v) is 3.96. The number of carbonyl (C=O) groups is 1. The molecule has 0 unspecified atom stereocenters. The lowest BCUT2D eigenvalue weighted by molar-refractivity contribution is 0.101. The fourth-order valence-electron chi connectivity index (χ4n) is 1.61. The van der Waals surface area contributed by atoms with E-state index in [0.717, 1.165) is 0 Å². The summed E-state index contributed by atoms with van der Waals surface area (Å²) < 4.78 is 9.92. The van der Waals surface area contributed by atoms with Gasteiger partial charge in [0.1, 0.15) is 0 Å². The minimum atomic E-state index is -0.0994. The minimum absolute atomic E-state index is 0.0931. The van der Waals surface area contributed by atoms with Gasteiger partial charge < -0.3 is 14.6 Å². The van der Waals surface area contributed by atoms with Gasteiger partial charge in [-0.2, -0.15) is 9.97 Å². The number of aromatic nitrogens is 4. The van der Waals surface area contributed by atoms with Crippen molar-refractivity contribution in [2.75, 3.05) is 26.7 Å². The van der Waals surface area contributed by atoms with E-state index in [1.54, 1.807) is 6.20 Å². The lowest BCUT2D eigenvalue weighted by Gasteiger charge is -2.04. The average molecular weight is 384 g/mol. The van der Waals surface area contributed by atoms with Crippen LogP contribution in [0.3, 0.4) is 0 Å². The van der Waals surface area contributed by atoms with Gasteiger partial charge in [0.2, 0.25) is 11.8 Å². The summed E-state index contributed by atoms with van der Waals surface area (Å²) >= 11 is 2.84. The molecule has 0 aliphatic carbocycles. The van der Waals surface area contributed by atoms with Crippen molar-refractivity contribution in [3.63, 3.8) is 0 Å². The van der Waals surface area contributed by atoms with Gasteiger partial charge in [-0.3, -0.25) is 4.79 Å². The van der Waals surface area contributed by atoms with Crippen molar-refractivity contribution in [1.29, 1.82) is 0 Å². The second-order valence-corrected chi connectivity index (χ2v) is 5.93. The second-order valence-electron chi connectivity index (χ2n) is 4.39. The van der Waals surface area contributed by atoms with Crippen LogP contribution in [0.15, 0.2) is 22.7 Å². The number of hydrogen-bond donors (Lipinski definition) is 1. The van der Waals surface area contributed by atoms with Gasteiger partial charge in [-0.15, -0.1) is 0 Å². The van der Waals surface area contributed by atoms with E-state index in [1.807, 2.05) is 12.5 Å². The number of rotatable bonds is 6. The third-order valence-electron chi connectivity index (χ3n) is 2.84. The van der Waals surface area contributed by atoms with Crippen LogP contribution >= 0.6 is 23.5 Å². The van der Waals surface area contributed by atoms with Crippen LogP contribution in [-0.4, -0.2) is 57.6 Å². The summed E-state index contributed by atoms with van der Waals surface area (Å²) in [6, 6.07) is 0. The number of Topliss-reactive ketones (excluding diaryl/α,β-unsaturated/α-hetero) is 1. The van der Waals surface area contributed by atoms with E-state index in [2.05, 4.69) is 19.9 Å². The predicted molar refractivity (Wildman–Crippen MR) is 96.7 cm³/mol. The Kier molecular flexibility index (Phi) is 9.17. The molecule has 0 bridgehead atoms. The Bertz CT molecular complexity index is 716. The standard InChI is InChI=1S/C8H10N2O2S.C7H10N2O2S/c1-5(11)6-4-9-8(13-3)10-7(6)12-2;1-11-6-5(4-10)3-8-7(9-6)12-2/h4H,1-3H3;3,10H,4H2,1-2H3. The van der Waals surface area contributed by atoms with Crippen LogP contribution < -0.4 is 9.47 Å². The Hall–Kier alpha value is -1.91. The molecule has 0 saturated heterocycles. The molecule has 0 amide bonds. The summed E-state index contributed by atoms with van der Waals surface area (Å²) in [4.78, 5) is 27.1. The van der Waals surface area contributed by atoms with Crippen LogP contribution in [-0.2, 0) is 6.61 Å². The third kappa shape index (κ3) is 6.15. The molecule has 2 heterocycles. The fourth-order valence-corrected chi connectivity index (χ4v) is 2.27. The van der Waals surface area contributed by atoms with Crippen LogP contribution in [0.1, 0.15) is 22.8 Å². The Labute approximate surface area is 154 Å². The number of carbonyl (C=O) groups excluding carboxylic acids is 1. The molecule has 1 N–H and O–H groups in total. The van der Waals surface area contributed by atoms with E-state index in [4.69, 9.17) is 14.6 Å². The number of methoxy groups -OCH3 is 2. The lowest BCUT2D eigenvalue weighted by Crippen LogP contribution is -2.02. The highest BCUT2D eigenvalue weighted by Gasteiger charge is 2.10. The average Bonchev–Trinajstić information content (AvgIpc) is 2.66. The van der Waals surface area contributed by atoms with Crippen molar-refractivity contribution >= 4 is 29.3 Å². The van der Waals surface area contributed by atoms with Crippen LogP contribution in [0.4, 0.5) is 0 Å². The molecule has 25 heavy (non-hydrogen) atoms. The number of ketones is 1. The quantitative estimate of drug-likeness (QED) is 0.452. The van der Waals surface area contributed by atoms with Gasteiger partial charge >= 0.3 is 0 Å². The Morgan fingerprint density at radius 1 is 1.04 bits per heavy atom. The fraction of sp³-hybridized carbons (Fsp3) is 0.400. The molecule has 136 valence electrons. The zero-order valence-electron chi connectivity index (χ0n) is 14.6. The highest BCUT2D eigenvalue weighted by molar-refractivity contribution is 7.98. The normalized spacial score (nSPS) is 9.84. The van der Waals surface area contributed by atoms with E-state index in [-0.39, 0.29) is 12.4 Å². The monoisotopic (exact) mass is 384 g/mol. The molecule has 2 rings (SSSR count). The largest absolute Gasteiger partial charge is 0.481 e. The van der Waals surface area contributed by atoms with Crippen molar-refractivity contribution < 1.29 is 19.4 Å². The Balaban J connectivity index is 0.000000251. The van der Waals surface area contributed by atoms with Gasteiger partial charge in [0.25, 0.3) is 0 Å². The van der Waals surface area contributed by atoms with Gasteiger partial charge in [-0.25, -0.2) is 9.97 Å². The molecule has 0 aromatic carbocycles. The van der Waals surface area contributed by atoms with Crippen molar-refractivity contribution in [3.8, 4) is 11.8 Å². The van der Waals surface area contributed by atoms with Crippen LogP contribution in [0.25, 0.3) is 0 Å². The Morgan fingerprint density at radius 2 is 1.56 bits per heavy atom. The SMILES string of the molecule is COc1nc(SC)ncc1C(C)=O.COc1nc(SC)ncc1CO. The van der Waals surface area contributed by atoms with Crippen molar-refractivity contribution in [1.82, 2.24) is 19.9 Å². The Morgan fingerprint density at radius 3 is 2.00 bits per heavy atom. The molecule has 8 nitrogen and oxygen atoms in total. The van der Waals surface area contributed by atoms with E-state index < -0.39 is 0 Å². The predicted octanol–water partition coefficient (Wildman–Crippen LogP) is 2.11. The molecule has 10 heteroatoms. The second kappa shape index (κ2) is 10.9. The molecule has 0 fully saturated rings. The van der Waals surface area contributed by atoms with E-state index in [0.29, 0.717) is 33.2 Å². The minimum Gasteiger partial charge on any atom is -0.481 e. The molecule has 0 atom stereocenters. The summed E-state index contributed by atoms with van der Waals surface area (Å²) in [5, 5.41) is 10.1. The summed E-state index contributed by atoms with van der Waals surface area (Å²) in [7, 11) is 3.00. The smallest absolute Gasteiger partial charge is 0.228 e. The molecular formula is C15H20N4O4S2. The number of aliphatic hydroxyl groups is 1. The highest BCUT2D eigenvalue weighted by Crippen LogP contribution is 2.18. The highest BCUT2D eigenvalue weighted by atomic mass is 32.2. The van der Waals surface area contributed by atoms with Gasteiger partial charge in [-0.1, -0.05) is 23.5 Å². The van der Waals surface area contributed by atoms with Crippen LogP contribution in [0.2, 0.25) is 0 Å². The van der Waals surface area contributed by atoms with Crippen LogP contribution in [0, 0.1) is 0 Å². The molecule has 2 aromatic heterocycles. The first-order chi connectivity index (χ1) is 12.0. The summed E-state index contributed by atoms with van der Waals surface area (Å²) in [5.41, 5.74) is 1.02. The zero-order valence-corrected chi connectivity index (χ0v) is 16.3. The molecule has 2 aromatic rings. The van der Waals surface area contributed by atoms with Gasteiger partial charge in [0.15, 0.2) is 16.1 Å². The summed E-state index contributed by atoms with van der Waals surface area (Å²) in [6.45, 7) is 1.36. The molecule has 0 aliphatic heterocycles. The van der Waals surface area contributed by atoms with Gasteiger partial charge in [0.05, 0.1) is 32.0 Å². The molecule has 0 aliphatic rings. The zero-order chi connectivity index (χ0) is 18.8. The van der Waals surface area contributed by atoms with Gasteiger partial charge in [0, 0.05) is 12.4 Å². The molecule has 0 radical (unpaired) electrons. The topological polar surface area (TPSA) is 107 Å². The summed E-state index contributed by atoms with van der Waals surface area (Å²) in [6.07, 6.45) is 6.80. The van der Waals surface area contributed by atoms with Crippen LogP contribution in [0.5, 0.6) is 11.8 Å². The molecular weight excluding hydrogens is 364 g/mol. The summed E-state index contributed by atoms with van der Waals surface area (Å²) in [5.74, 6) is 0.688. The lowest BCUT2D eigenvalue weighted by atomic mass is 10.2. The maximum absolute atomic E-state index is 11.1. The van der Waals surface area contributed by atoms with E-state index in [9.17, 15) is 4.79 Å². The van der Waals surface area contributed by atoms with Crippen molar-refractivity contribution in [2.24, 2.45) is 0 Å². The maximum atomic E-state index is 11.1. The molecule has 0 spiro atoms. The first-order valence-corrected chi connectivity index (χ1v) is 9.46. The number of thioether (sulfide) groups is 2. The van der Waals surface area contributed by atoms with Crippen molar-refractivity contribution in [2.45, 2.75) is 23.8 Å². The number of ether oxygens (including phenoxy) is 2. The number of nitrogens with zero attached hydrogens (tertiary/aromatic N) is 4. The van der Waals surface area contributed by atoms with Gasteiger partial charge in [-0.05, 0) is 19.4 Å². The maximum Gasteiger partial charge on any atom is 0.228 e.